The molecule has 1 N–H and O–H groups in total. The highest BCUT2D eigenvalue weighted by molar-refractivity contribution is 4.84. The number of nitro groups is 1. The van der Waals surface area contributed by atoms with Gasteiger partial charge in [0, 0.05) is 0 Å². The van der Waals surface area contributed by atoms with Crippen molar-refractivity contribution in [1.82, 2.24) is 0 Å². The topological polar surface area (TPSA) is 63.4 Å². The van der Waals surface area contributed by atoms with Gasteiger partial charge < -0.3 is 5.11 Å². The van der Waals surface area contributed by atoms with E-state index in [-0.39, 0.29) is 0 Å². The maximum Gasteiger partial charge on any atom is 0.316 e. The molecule has 0 aliphatic carbocycles. The van der Waals surface area contributed by atoms with E-state index in [9.17, 15) is 18.9 Å². The molecule has 0 radical (unpaired) electrons. The minimum Gasteiger partial charge on any atom is -0.333 e. The Bertz CT molecular complexity index is 160. The molecule has 1 atom stereocenters. The highest BCUT2D eigenvalue weighted by Gasteiger charge is 2.11. The van der Waals surface area contributed by atoms with Crippen LogP contribution in [-0.4, -0.2) is 22.7 Å². The van der Waals surface area contributed by atoms with Crippen LogP contribution in [0.2, 0.25) is 0 Å². The quantitative estimate of drug-likeness (QED) is 0.291. The van der Waals surface area contributed by atoms with Crippen LogP contribution in [0.5, 0.6) is 0 Å². The smallest absolute Gasteiger partial charge is 0.316 e. The Morgan fingerprint density at radius 1 is 1.64 bits per heavy atom. The molecule has 0 fully saturated rings. The van der Waals surface area contributed by atoms with Crippen molar-refractivity contribution in [3.05, 3.63) is 22.3 Å². The molecule has 64 valence electrons. The van der Waals surface area contributed by atoms with E-state index in [0.29, 0.717) is 6.08 Å². The lowest BCUT2D eigenvalue weighted by atomic mass is 10.3. The summed E-state index contributed by atoms with van der Waals surface area (Å²) in [5, 5.41) is 18.2. The molecule has 0 heterocycles. The molecule has 0 aromatic carbocycles. The summed E-state index contributed by atoms with van der Waals surface area (Å²) in [6, 6.07) is 0. The first-order valence-corrected chi connectivity index (χ1v) is 2.80. The summed E-state index contributed by atoms with van der Waals surface area (Å²) in [5.41, 5.74) is 0. The van der Waals surface area contributed by atoms with Crippen molar-refractivity contribution in [3.63, 3.8) is 0 Å². The predicted molar refractivity (Wildman–Crippen MR) is 32.8 cm³/mol. The van der Waals surface area contributed by atoms with Gasteiger partial charge in [0.2, 0.25) is 0 Å². The van der Waals surface area contributed by atoms with Crippen LogP contribution in [0.1, 0.15) is 6.42 Å². The first-order chi connectivity index (χ1) is 5.04. The molecule has 0 aromatic rings. The van der Waals surface area contributed by atoms with Crippen molar-refractivity contribution in [3.8, 4) is 0 Å². The van der Waals surface area contributed by atoms with Gasteiger partial charge in [0.15, 0.2) is 0 Å². The van der Waals surface area contributed by atoms with Crippen molar-refractivity contribution in [2.24, 2.45) is 0 Å². The van der Waals surface area contributed by atoms with E-state index < -0.39 is 24.0 Å². The normalized spacial score (nSPS) is 14.2. The number of alkyl halides is 2. The zero-order valence-electron chi connectivity index (χ0n) is 5.48. The largest absolute Gasteiger partial charge is 0.333 e. The third-order valence-corrected chi connectivity index (χ3v) is 0.872. The molecule has 4 nitrogen and oxygen atoms in total. The fourth-order valence-electron chi connectivity index (χ4n) is 0.389. The second-order valence-corrected chi connectivity index (χ2v) is 1.76. The van der Waals surface area contributed by atoms with E-state index in [1.165, 1.54) is 0 Å². The number of rotatable bonds is 4. The van der Waals surface area contributed by atoms with Crippen LogP contribution in [0.15, 0.2) is 12.2 Å². The average Bonchev–Trinajstić information content (AvgIpc) is 1.86. The minimum absolute atomic E-state index is 0.392. The summed E-state index contributed by atoms with van der Waals surface area (Å²) in [4.78, 5) is 8.76. The van der Waals surface area contributed by atoms with Gasteiger partial charge in [0.05, 0.1) is 11.3 Å². The monoisotopic (exact) mass is 167 g/mol. The van der Waals surface area contributed by atoms with Gasteiger partial charge in [-0.05, 0) is 6.08 Å². The van der Waals surface area contributed by atoms with Crippen molar-refractivity contribution >= 4 is 0 Å². The van der Waals surface area contributed by atoms with Gasteiger partial charge in [0.25, 0.3) is 6.43 Å². The molecule has 11 heavy (non-hydrogen) atoms. The Morgan fingerprint density at radius 2 is 2.18 bits per heavy atom. The zero-order chi connectivity index (χ0) is 8.85. The van der Waals surface area contributed by atoms with Gasteiger partial charge in [0.1, 0.15) is 0 Å². The molecule has 0 aliphatic rings. The first-order valence-electron chi connectivity index (χ1n) is 2.80. The number of aliphatic hydroxyl groups is 1. The highest BCUT2D eigenvalue weighted by Crippen LogP contribution is 1.98. The van der Waals surface area contributed by atoms with E-state index in [1.807, 2.05) is 0 Å². The van der Waals surface area contributed by atoms with Crippen LogP contribution < -0.4 is 0 Å². The Labute approximate surface area is 61.3 Å². The van der Waals surface area contributed by atoms with Crippen molar-refractivity contribution in [2.75, 3.05) is 0 Å². The van der Waals surface area contributed by atoms with E-state index in [1.54, 1.807) is 0 Å². The second-order valence-electron chi connectivity index (χ2n) is 1.76. The summed E-state index contributed by atoms with van der Waals surface area (Å²) in [5.74, 6) is 0. The van der Waals surface area contributed by atoms with Gasteiger partial charge in [-0.3, -0.25) is 10.1 Å². The standard InChI is InChI=1S/C5H7F2NO3/c6-4(7)2-1-3-5(9)8(10)11/h1-2,4-5,9H,3H2. The summed E-state index contributed by atoms with van der Waals surface area (Å²) in [7, 11) is 0. The molecule has 0 saturated carbocycles. The fraction of sp³-hybridized carbons (Fsp3) is 0.600. The number of halogens is 2. The Balaban J connectivity index is 3.61. The molecule has 0 aliphatic heterocycles. The maximum absolute atomic E-state index is 11.3. The Kier molecular flexibility index (Phi) is 4.28. The first kappa shape index (κ1) is 9.96. The molecule has 0 bridgehead atoms. The number of allylic oxidation sites excluding steroid dienone is 1. The zero-order valence-corrected chi connectivity index (χ0v) is 5.48. The molecule has 0 rings (SSSR count). The molecule has 6 heteroatoms. The molecular weight excluding hydrogens is 160 g/mol. The molecule has 0 aromatic heterocycles. The van der Waals surface area contributed by atoms with Crippen molar-refractivity contribution in [2.45, 2.75) is 19.1 Å². The van der Waals surface area contributed by atoms with Crippen LogP contribution in [-0.2, 0) is 0 Å². The van der Waals surface area contributed by atoms with E-state index in [0.717, 1.165) is 6.08 Å². The van der Waals surface area contributed by atoms with Crippen LogP contribution >= 0.6 is 0 Å². The SMILES string of the molecule is O=[N+]([O-])C(O)CC=CC(F)F. The van der Waals surface area contributed by atoms with Crippen molar-refractivity contribution in [1.29, 1.82) is 0 Å². The van der Waals surface area contributed by atoms with Gasteiger partial charge in [-0.15, -0.1) is 0 Å². The lowest BCUT2D eigenvalue weighted by Gasteiger charge is -1.96. The number of hydrogen-bond donors (Lipinski definition) is 1. The number of aliphatic hydroxyl groups excluding tert-OH is 1. The highest BCUT2D eigenvalue weighted by atomic mass is 19.3. The van der Waals surface area contributed by atoms with Crippen LogP contribution in [0.4, 0.5) is 8.78 Å². The van der Waals surface area contributed by atoms with Gasteiger partial charge >= 0.3 is 6.23 Å². The summed E-state index contributed by atoms with van der Waals surface area (Å²) >= 11 is 0. The Hall–Kier alpha value is -1.04. The number of nitrogens with zero attached hydrogens (tertiary/aromatic N) is 1. The fourth-order valence-corrected chi connectivity index (χ4v) is 0.389. The Morgan fingerprint density at radius 3 is 2.55 bits per heavy atom. The third kappa shape index (κ3) is 5.41. The second kappa shape index (κ2) is 4.73. The average molecular weight is 167 g/mol. The number of hydrogen-bond acceptors (Lipinski definition) is 3. The van der Waals surface area contributed by atoms with E-state index in [4.69, 9.17) is 5.11 Å². The summed E-state index contributed by atoms with van der Waals surface area (Å²) in [6.07, 6.45) is -3.44. The minimum atomic E-state index is -2.63. The van der Waals surface area contributed by atoms with E-state index >= 15 is 0 Å². The van der Waals surface area contributed by atoms with Gasteiger partial charge in [-0.25, -0.2) is 8.78 Å². The molecule has 1 unspecified atom stereocenters. The van der Waals surface area contributed by atoms with E-state index in [2.05, 4.69) is 0 Å². The predicted octanol–water partition coefficient (Wildman–Crippen LogP) is 0.793. The molecule has 0 spiro atoms. The van der Waals surface area contributed by atoms with Gasteiger partial charge in [-0.1, -0.05) is 6.08 Å². The maximum atomic E-state index is 11.3. The van der Waals surface area contributed by atoms with Gasteiger partial charge in [-0.2, -0.15) is 0 Å². The van der Waals surface area contributed by atoms with Crippen LogP contribution in [0, 0.1) is 10.1 Å². The third-order valence-electron chi connectivity index (χ3n) is 0.872. The molecule has 0 saturated heterocycles. The summed E-state index contributed by atoms with van der Waals surface area (Å²) < 4.78 is 22.7. The van der Waals surface area contributed by atoms with Crippen molar-refractivity contribution < 1.29 is 18.8 Å². The molecular formula is C5H7F2NO3. The van der Waals surface area contributed by atoms with Crippen LogP contribution in [0.3, 0.4) is 0 Å². The van der Waals surface area contributed by atoms with Crippen LogP contribution in [0.25, 0.3) is 0 Å². The molecule has 0 amide bonds. The lowest BCUT2D eigenvalue weighted by molar-refractivity contribution is -0.569. The summed E-state index contributed by atoms with van der Waals surface area (Å²) in [6.45, 7) is 0. The lowest BCUT2D eigenvalue weighted by Crippen LogP contribution is -2.16.